The van der Waals surface area contributed by atoms with Gasteiger partial charge in [-0.2, -0.15) is 0 Å². The summed E-state index contributed by atoms with van der Waals surface area (Å²) in [6, 6.07) is 7.92. The van der Waals surface area contributed by atoms with Crippen LogP contribution in [0.3, 0.4) is 0 Å². The second-order valence-corrected chi connectivity index (χ2v) is 7.73. The van der Waals surface area contributed by atoms with E-state index in [1.165, 1.54) is 31.0 Å². The van der Waals surface area contributed by atoms with E-state index in [0.29, 0.717) is 22.7 Å². The Labute approximate surface area is 151 Å². The van der Waals surface area contributed by atoms with Gasteiger partial charge >= 0.3 is 0 Å². The first kappa shape index (κ1) is 17.4. The Hall–Kier alpha value is -1.46. The van der Waals surface area contributed by atoms with E-state index >= 15 is 0 Å². The second kappa shape index (κ2) is 8.08. The summed E-state index contributed by atoms with van der Waals surface area (Å²) in [6.45, 7) is 2.22. The largest absolute Gasteiger partial charge is 0.352 e. The van der Waals surface area contributed by atoms with E-state index in [2.05, 4.69) is 22.2 Å². The molecule has 1 aliphatic carbocycles. The van der Waals surface area contributed by atoms with Crippen LogP contribution in [0.4, 0.5) is 0 Å². The number of carbonyl (C=O) groups is 1. The maximum atomic E-state index is 12.2. The Kier molecular flexibility index (Phi) is 5.85. The molecule has 1 aliphatic rings. The lowest BCUT2D eigenvalue weighted by molar-refractivity contribution is -0.119. The van der Waals surface area contributed by atoms with Crippen molar-refractivity contribution in [3.05, 3.63) is 35.5 Å². The number of hydrogen-bond donors (Lipinski definition) is 2. The number of benzene rings is 1. The van der Waals surface area contributed by atoms with E-state index in [1.54, 1.807) is 6.20 Å². The van der Waals surface area contributed by atoms with E-state index in [-0.39, 0.29) is 5.91 Å². The Morgan fingerprint density at radius 2 is 2.08 bits per heavy atom. The zero-order valence-corrected chi connectivity index (χ0v) is 15.3. The van der Waals surface area contributed by atoms with Crippen LogP contribution in [0, 0.1) is 5.92 Å². The predicted octanol–water partition coefficient (Wildman–Crippen LogP) is 4.52. The molecule has 24 heavy (non-hydrogen) atoms. The molecular weight excluding hydrogens is 342 g/mol. The Morgan fingerprint density at radius 1 is 1.33 bits per heavy atom. The molecule has 2 N–H and O–H groups in total. The fraction of sp³-hybridized carbons (Fsp3) is 0.444. The third-order valence-corrected chi connectivity index (χ3v) is 5.64. The Balaban J connectivity index is 1.51. The van der Waals surface area contributed by atoms with Crippen LogP contribution in [0.25, 0.3) is 11.3 Å². The third kappa shape index (κ3) is 4.54. The molecule has 1 fully saturated rings. The van der Waals surface area contributed by atoms with Gasteiger partial charge in [0.1, 0.15) is 0 Å². The number of amides is 1. The molecule has 6 heteroatoms. The standard InChI is InChI=1S/C18H22ClN3OS/c1-12-4-2-3-5-15(12)21-17(23)11-24-18-20-10-16(22-18)13-6-8-14(19)9-7-13/h6-10,12,15H,2-5,11H2,1H3,(H,20,22)(H,21,23)/t12-,15+/m1/s1. The van der Waals surface area contributed by atoms with Gasteiger partial charge in [-0.15, -0.1) is 0 Å². The van der Waals surface area contributed by atoms with Crippen molar-refractivity contribution in [2.75, 3.05) is 5.75 Å². The summed E-state index contributed by atoms with van der Waals surface area (Å²) < 4.78 is 0. The number of nitrogens with zero attached hydrogens (tertiary/aromatic N) is 1. The van der Waals surface area contributed by atoms with Crippen molar-refractivity contribution in [3.8, 4) is 11.3 Å². The molecule has 3 rings (SSSR count). The molecule has 2 atom stereocenters. The van der Waals surface area contributed by atoms with E-state index in [9.17, 15) is 4.79 Å². The lowest BCUT2D eigenvalue weighted by Crippen LogP contribution is -2.41. The average Bonchev–Trinajstić information content (AvgIpc) is 3.05. The van der Waals surface area contributed by atoms with Gasteiger partial charge < -0.3 is 10.3 Å². The SMILES string of the molecule is C[C@@H]1CCCC[C@@H]1NC(=O)CSc1ncc(-c2ccc(Cl)cc2)[nH]1. The van der Waals surface area contributed by atoms with Crippen molar-refractivity contribution in [1.29, 1.82) is 0 Å². The minimum atomic E-state index is 0.0863. The van der Waals surface area contributed by atoms with E-state index < -0.39 is 0 Å². The van der Waals surface area contributed by atoms with Crippen molar-refractivity contribution in [1.82, 2.24) is 15.3 Å². The topological polar surface area (TPSA) is 57.8 Å². The monoisotopic (exact) mass is 363 g/mol. The van der Waals surface area contributed by atoms with Crippen molar-refractivity contribution in [2.45, 2.75) is 43.8 Å². The molecule has 1 heterocycles. The summed E-state index contributed by atoms with van der Waals surface area (Å²) in [4.78, 5) is 19.7. The first-order valence-corrected chi connectivity index (χ1v) is 9.71. The highest BCUT2D eigenvalue weighted by Crippen LogP contribution is 2.25. The fourth-order valence-electron chi connectivity index (χ4n) is 3.07. The van der Waals surface area contributed by atoms with Crippen LogP contribution in [0.5, 0.6) is 0 Å². The summed E-state index contributed by atoms with van der Waals surface area (Å²) in [6.07, 6.45) is 6.58. The number of imidazole rings is 1. The quantitative estimate of drug-likeness (QED) is 0.768. The first-order chi connectivity index (χ1) is 11.6. The highest BCUT2D eigenvalue weighted by Gasteiger charge is 2.22. The van der Waals surface area contributed by atoms with E-state index in [0.717, 1.165) is 22.8 Å². The molecule has 0 spiro atoms. The molecule has 0 saturated heterocycles. The number of carbonyl (C=O) groups excluding carboxylic acids is 1. The van der Waals surface area contributed by atoms with E-state index in [1.807, 2.05) is 24.3 Å². The van der Waals surface area contributed by atoms with Gasteiger partial charge in [0.05, 0.1) is 17.6 Å². The van der Waals surface area contributed by atoms with Crippen molar-refractivity contribution in [2.24, 2.45) is 5.92 Å². The van der Waals surface area contributed by atoms with Crippen LogP contribution in [0.1, 0.15) is 32.6 Å². The molecule has 0 unspecified atom stereocenters. The van der Waals surface area contributed by atoms with Crippen molar-refractivity contribution >= 4 is 29.3 Å². The van der Waals surface area contributed by atoms with Gasteiger partial charge in [0.15, 0.2) is 5.16 Å². The number of thioether (sulfide) groups is 1. The van der Waals surface area contributed by atoms with Crippen molar-refractivity contribution < 1.29 is 4.79 Å². The van der Waals surface area contributed by atoms with Crippen LogP contribution >= 0.6 is 23.4 Å². The van der Waals surface area contributed by atoms with Gasteiger partial charge in [-0.1, -0.05) is 55.3 Å². The molecule has 1 amide bonds. The number of aromatic nitrogens is 2. The second-order valence-electron chi connectivity index (χ2n) is 6.33. The number of hydrogen-bond acceptors (Lipinski definition) is 3. The lowest BCUT2D eigenvalue weighted by Gasteiger charge is -2.29. The lowest BCUT2D eigenvalue weighted by atomic mass is 9.86. The van der Waals surface area contributed by atoms with Crippen LogP contribution in [0.2, 0.25) is 5.02 Å². The zero-order chi connectivity index (χ0) is 16.9. The smallest absolute Gasteiger partial charge is 0.230 e. The summed E-state index contributed by atoms with van der Waals surface area (Å²) in [5.41, 5.74) is 1.95. The van der Waals surface area contributed by atoms with Gasteiger partial charge in [-0.25, -0.2) is 4.98 Å². The van der Waals surface area contributed by atoms with Gasteiger partial charge in [0.2, 0.25) is 5.91 Å². The minimum Gasteiger partial charge on any atom is -0.352 e. The van der Waals surface area contributed by atoms with Gasteiger partial charge in [0.25, 0.3) is 0 Å². The fourth-order valence-corrected chi connectivity index (χ4v) is 3.85. The molecule has 128 valence electrons. The molecule has 1 aromatic heterocycles. The van der Waals surface area contributed by atoms with Crippen LogP contribution in [-0.4, -0.2) is 27.7 Å². The molecule has 0 aliphatic heterocycles. The van der Waals surface area contributed by atoms with Crippen LogP contribution < -0.4 is 5.32 Å². The molecule has 0 radical (unpaired) electrons. The van der Waals surface area contributed by atoms with Gasteiger partial charge in [-0.3, -0.25) is 4.79 Å². The Morgan fingerprint density at radius 3 is 2.83 bits per heavy atom. The number of halogens is 1. The molecule has 0 bridgehead atoms. The van der Waals surface area contributed by atoms with Gasteiger partial charge in [0, 0.05) is 11.1 Å². The summed E-state index contributed by atoms with van der Waals surface area (Å²) in [5.74, 6) is 1.05. The highest BCUT2D eigenvalue weighted by atomic mass is 35.5. The van der Waals surface area contributed by atoms with Crippen molar-refractivity contribution in [3.63, 3.8) is 0 Å². The molecule has 4 nitrogen and oxygen atoms in total. The molecule has 1 saturated carbocycles. The number of H-pyrrole nitrogens is 1. The molecular formula is C18H22ClN3OS. The number of aromatic amines is 1. The molecule has 2 aromatic rings. The van der Waals surface area contributed by atoms with Crippen LogP contribution in [0.15, 0.2) is 35.6 Å². The number of nitrogens with one attached hydrogen (secondary N) is 2. The summed E-state index contributed by atoms with van der Waals surface area (Å²) in [5, 5.41) is 4.63. The summed E-state index contributed by atoms with van der Waals surface area (Å²) in [7, 11) is 0. The maximum Gasteiger partial charge on any atom is 0.230 e. The van der Waals surface area contributed by atoms with Crippen LogP contribution in [-0.2, 0) is 4.79 Å². The Bertz CT molecular complexity index is 686. The normalized spacial score (nSPS) is 20.8. The minimum absolute atomic E-state index is 0.0863. The highest BCUT2D eigenvalue weighted by molar-refractivity contribution is 7.99. The number of rotatable bonds is 5. The van der Waals surface area contributed by atoms with E-state index in [4.69, 9.17) is 11.6 Å². The maximum absolute atomic E-state index is 12.2. The average molecular weight is 364 g/mol. The summed E-state index contributed by atoms with van der Waals surface area (Å²) >= 11 is 7.34. The predicted molar refractivity (Wildman–Crippen MR) is 99.3 cm³/mol. The zero-order valence-electron chi connectivity index (χ0n) is 13.7. The third-order valence-electron chi connectivity index (χ3n) is 4.51. The van der Waals surface area contributed by atoms with Gasteiger partial charge in [-0.05, 0) is 36.5 Å². The molecule has 1 aromatic carbocycles. The first-order valence-electron chi connectivity index (χ1n) is 8.35.